The van der Waals surface area contributed by atoms with Crippen LogP contribution in [-0.2, 0) is 20.6 Å². The van der Waals surface area contributed by atoms with E-state index in [2.05, 4.69) is 0 Å². The van der Waals surface area contributed by atoms with Crippen LogP contribution in [0.25, 0.3) is 11.0 Å². The van der Waals surface area contributed by atoms with Crippen molar-refractivity contribution in [1.29, 1.82) is 0 Å². The highest BCUT2D eigenvalue weighted by molar-refractivity contribution is 5.96. The second-order valence-corrected chi connectivity index (χ2v) is 4.91. The van der Waals surface area contributed by atoms with Crippen molar-refractivity contribution in [3.05, 3.63) is 58.8 Å². The third-order valence-electron chi connectivity index (χ3n) is 3.51. The summed E-state index contributed by atoms with van der Waals surface area (Å²) in [6, 6.07) is 9.24. The van der Waals surface area contributed by atoms with Crippen LogP contribution >= 0.6 is 0 Å². The summed E-state index contributed by atoms with van der Waals surface area (Å²) in [6.07, 6.45) is 3.58. The lowest BCUT2D eigenvalue weighted by atomic mass is 10.2. The van der Waals surface area contributed by atoms with Crippen LogP contribution in [0, 0.1) is 0 Å². The summed E-state index contributed by atoms with van der Waals surface area (Å²) in [5, 5.41) is 0. The van der Waals surface area contributed by atoms with E-state index in [-0.39, 0.29) is 18.0 Å². The predicted molar refractivity (Wildman–Crippen MR) is 76.9 cm³/mol. The van der Waals surface area contributed by atoms with E-state index in [1.165, 1.54) is 4.57 Å². The van der Waals surface area contributed by atoms with Crippen molar-refractivity contribution in [2.45, 2.75) is 6.54 Å². The second kappa shape index (κ2) is 4.52. The lowest BCUT2D eigenvalue weighted by molar-refractivity contribution is 0.0972. The molecule has 0 unspecified atom stereocenters. The molecule has 0 saturated heterocycles. The first-order valence-electron chi connectivity index (χ1n) is 6.37. The van der Waals surface area contributed by atoms with Crippen molar-refractivity contribution in [2.24, 2.45) is 14.1 Å². The van der Waals surface area contributed by atoms with E-state index in [4.69, 9.17) is 0 Å². The molecular weight excluding hydrogens is 254 g/mol. The molecule has 2 heterocycles. The topological polar surface area (TPSA) is 48.9 Å². The number of carbonyl (C=O) groups is 1. The monoisotopic (exact) mass is 269 g/mol. The smallest absolute Gasteiger partial charge is 0.329 e. The van der Waals surface area contributed by atoms with Gasteiger partial charge in [0.05, 0.1) is 17.6 Å². The summed E-state index contributed by atoms with van der Waals surface area (Å²) >= 11 is 0. The largest absolute Gasteiger partial charge is 0.357 e. The van der Waals surface area contributed by atoms with Crippen molar-refractivity contribution in [3.63, 3.8) is 0 Å². The maximum Gasteiger partial charge on any atom is 0.329 e. The molecule has 3 aromatic rings. The molecule has 0 N–H and O–H groups in total. The molecule has 0 atom stereocenters. The zero-order chi connectivity index (χ0) is 14.3. The molecule has 2 aromatic heterocycles. The molecule has 1 aromatic carbocycles. The van der Waals surface area contributed by atoms with E-state index in [1.807, 2.05) is 42.1 Å². The summed E-state index contributed by atoms with van der Waals surface area (Å²) in [4.78, 5) is 24.5. The minimum atomic E-state index is -0.171. The van der Waals surface area contributed by atoms with Gasteiger partial charge in [0.1, 0.15) is 0 Å². The van der Waals surface area contributed by atoms with E-state index in [0.717, 1.165) is 11.0 Å². The Hall–Kier alpha value is -2.56. The number of Topliss-reactive ketones (excluding diaryl/α,β-unsaturated/α-hetero) is 1. The number of benzene rings is 1. The molecule has 0 spiro atoms. The van der Waals surface area contributed by atoms with Gasteiger partial charge in [-0.15, -0.1) is 0 Å². The average molecular weight is 269 g/mol. The highest BCUT2D eigenvalue weighted by Crippen LogP contribution is 2.12. The number of aromatic nitrogens is 3. The summed E-state index contributed by atoms with van der Waals surface area (Å²) < 4.78 is 4.90. The quantitative estimate of drug-likeness (QED) is 0.677. The Morgan fingerprint density at radius 2 is 1.80 bits per heavy atom. The number of carbonyl (C=O) groups excluding carboxylic acids is 1. The molecule has 0 saturated carbocycles. The highest BCUT2D eigenvalue weighted by atomic mass is 16.2. The van der Waals surface area contributed by atoms with Gasteiger partial charge in [-0.2, -0.15) is 0 Å². The number of ketones is 1. The van der Waals surface area contributed by atoms with Gasteiger partial charge in [-0.1, -0.05) is 12.1 Å². The number of imidazole rings is 1. The zero-order valence-electron chi connectivity index (χ0n) is 11.4. The fourth-order valence-electron chi connectivity index (χ4n) is 2.42. The van der Waals surface area contributed by atoms with Crippen LogP contribution in [0.2, 0.25) is 0 Å². The SMILES string of the molecule is Cn1ccc(C(=O)Cn2c(=O)n(C)c3ccccc32)c1. The fraction of sp³-hybridized carbons (Fsp3) is 0.200. The highest BCUT2D eigenvalue weighted by Gasteiger charge is 2.14. The van der Waals surface area contributed by atoms with Crippen LogP contribution < -0.4 is 5.69 Å². The zero-order valence-corrected chi connectivity index (χ0v) is 11.4. The van der Waals surface area contributed by atoms with E-state index in [9.17, 15) is 9.59 Å². The summed E-state index contributed by atoms with van der Waals surface area (Å²) in [5.41, 5.74) is 2.06. The van der Waals surface area contributed by atoms with Crippen molar-refractivity contribution in [1.82, 2.24) is 13.7 Å². The summed E-state index contributed by atoms with van der Waals surface area (Å²) in [6.45, 7) is 0.0597. The average Bonchev–Trinajstić information content (AvgIpc) is 2.98. The minimum absolute atomic E-state index is 0.0597. The van der Waals surface area contributed by atoms with Crippen molar-refractivity contribution in [3.8, 4) is 0 Å². The maximum atomic E-state index is 12.3. The Balaban J connectivity index is 2.05. The molecule has 102 valence electrons. The van der Waals surface area contributed by atoms with Gasteiger partial charge in [-0.25, -0.2) is 4.79 Å². The lowest BCUT2D eigenvalue weighted by Gasteiger charge is -2.01. The minimum Gasteiger partial charge on any atom is -0.357 e. The maximum absolute atomic E-state index is 12.3. The van der Waals surface area contributed by atoms with Gasteiger partial charge in [0, 0.05) is 32.1 Å². The number of fused-ring (bicyclic) bond motifs is 1. The Morgan fingerprint density at radius 1 is 1.10 bits per heavy atom. The van der Waals surface area contributed by atoms with Crippen molar-refractivity contribution in [2.75, 3.05) is 0 Å². The second-order valence-electron chi connectivity index (χ2n) is 4.91. The molecule has 0 bridgehead atoms. The van der Waals surface area contributed by atoms with E-state index < -0.39 is 0 Å². The first-order chi connectivity index (χ1) is 9.58. The van der Waals surface area contributed by atoms with Crippen LogP contribution in [0.4, 0.5) is 0 Å². The van der Waals surface area contributed by atoms with Crippen LogP contribution in [0.15, 0.2) is 47.5 Å². The molecule has 0 fully saturated rings. The fourth-order valence-corrected chi connectivity index (χ4v) is 2.42. The number of hydrogen-bond donors (Lipinski definition) is 0. The molecule has 0 aliphatic carbocycles. The van der Waals surface area contributed by atoms with Gasteiger partial charge in [0.2, 0.25) is 0 Å². The van der Waals surface area contributed by atoms with Gasteiger partial charge in [0.15, 0.2) is 5.78 Å². The Bertz CT molecular complexity index is 852. The van der Waals surface area contributed by atoms with Gasteiger partial charge in [0.25, 0.3) is 0 Å². The number of nitrogens with zero attached hydrogens (tertiary/aromatic N) is 3. The van der Waals surface area contributed by atoms with Crippen LogP contribution in [0.5, 0.6) is 0 Å². The molecule has 0 aliphatic heterocycles. The Morgan fingerprint density at radius 3 is 2.45 bits per heavy atom. The summed E-state index contributed by atoms with van der Waals surface area (Å²) in [5.74, 6) is -0.0657. The molecule has 20 heavy (non-hydrogen) atoms. The molecule has 5 heteroatoms. The van der Waals surface area contributed by atoms with Crippen molar-refractivity contribution >= 4 is 16.8 Å². The van der Waals surface area contributed by atoms with Crippen LogP contribution in [0.1, 0.15) is 10.4 Å². The first-order valence-corrected chi connectivity index (χ1v) is 6.37. The normalized spacial score (nSPS) is 11.1. The third-order valence-corrected chi connectivity index (χ3v) is 3.51. The standard InChI is InChI=1S/C15H15N3O2/c1-16-8-7-11(9-16)14(19)10-18-13-6-4-3-5-12(13)17(2)15(18)20/h3-9H,10H2,1-2H3. The van der Waals surface area contributed by atoms with E-state index >= 15 is 0 Å². The molecular formula is C15H15N3O2. The van der Waals surface area contributed by atoms with E-state index in [1.54, 1.807) is 23.9 Å². The van der Waals surface area contributed by atoms with Gasteiger partial charge in [-0.3, -0.25) is 13.9 Å². The number of aryl methyl sites for hydroxylation is 2. The van der Waals surface area contributed by atoms with Crippen LogP contribution in [-0.4, -0.2) is 19.5 Å². The molecule has 5 nitrogen and oxygen atoms in total. The van der Waals surface area contributed by atoms with Gasteiger partial charge in [-0.05, 0) is 18.2 Å². The lowest BCUT2D eigenvalue weighted by Crippen LogP contribution is -2.25. The van der Waals surface area contributed by atoms with Gasteiger partial charge < -0.3 is 4.57 Å². The predicted octanol–water partition coefficient (Wildman–Crippen LogP) is 1.56. The van der Waals surface area contributed by atoms with Crippen molar-refractivity contribution < 1.29 is 4.79 Å². The Labute approximate surface area is 115 Å². The first kappa shape index (κ1) is 12.5. The number of hydrogen-bond acceptors (Lipinski definition) is 2. The van der Waals surface area contributed by atoms with Gasteiger partial charge >= 0.3 is 5.69 Å². The molecule has 0 amide bonds. The van der Waals surface area contributed by atoms with Crippen LogP contribution in [0.3, 0.4) is 0 Å². The molecule has 3 rings (SSSR count). The summed E-state index contributed by atoms with van der Waals surface area (Å²) in [7, 11) is 3.58. The van der Waals surface area contributed by atoms with E-state index in [0.29, 0.717) is 5.56 Å². The number of para-hydroxylation sites is 2. The molecule has 0 aliphatic rings. The number of rotatable bonds is 3. The third kappa shape index (κ3) is 1.87. The Kier molecular flexibility index (Phi) is 2.82. The molecule has 0 radical (unpaired) electrons.